The van der Waals surface area contributed by atoms with Gasteiger partial charge in [-0.2, -0.15) is 0 Å². The van der Waals surface area contributed by atoms with Gasteiger partial charge in [0.25, 0.3) is 0 Å². The Morgan fingerprint density at radius 1 is 1.35 bits per heavy atom. The molecule has 0 unspecified atom stereocenters. The quantitative estimate of drug-likeness (QED) is 0.661. The number of allylic oxidation sites excluding steroid dienone is 3. The van der Waals surface area contributed by atoms with Crippen molar-refractivity contribution in [3.8, 4) is 0 Å². The Morgan fingerprint density at radius 3 is 3.00 bits per heavy atom. The Morgan fingerprint density at radius 2 is 2.23 bits per heavy atom. The summed E-state index contributed by atoms with van der Waals surface area (Å²) in [5, 5.41) is 0. The molecular formula is C22H22N2O2. The van der Waals surface area contributed by atoms with Crippen molar-refractivity contribution in [2.24, 2.45) is 10.9 Å². The van der Waals surface area contributed by atoms with Crippen LogP contribution in [0.5, 0.6) is 0 Å². The van der Waals surface area contributed by atoms with Gasteiger partial charge in [-0.05, 0) is 56.2 Å². The molecule has 2 aliphatic rings. The lowest BCUT2D eigenvalue weighted by Crippen LogP contribution is -2.40. The number of H-pyrrole nitrogens is 1. The lowest BCUT2D eigenvalue weighted by molar-refractivity contribution is 0.413. The minimum atomic E-state index is -0.441. The maximum atomic E-state index is 11.8. The zero-order valence-corrected chi connectivity index (χ0v) is 15.0. The fraction of sp³-hybridized carbons (Fsp3) is 0.273. The van der Waals surface area contributed by atoms with Gasteiger partial charge < -0.3 is 9.40 Å². The van der Waals surface area contributed by atoms with E-state index in [0.29, 0.717) is 0 Å². The van der Waals surface area contributed by atoms with Gasteiger partial charge in [0.2, 0.25) is 5.56 Å². The molecule has 1 N–H and O–H groups in total. The predicted octanol–water partition coefficient (Wildman–Crippen LogP) is 4.42. The fourth-order valence-electron chi connectivity index (χ4n) is 4.35. The van der Waals surface area contributed by atoms with E-state index in [9.17, 15) is 4.79 Å². The Kier molecular flexibility index (Phi) is 4.11. The van der Waals surface area contributed by atoms with Crippen LogP contribution in [0.4, 0.5) is 0 Å². The minimum Gasteiger partial charge on any atom is -0.465 e. The van der Waals surface area contributed by atoms with Crippen LogP contribution in [0.3, 0.4) is 0 Å². The van der Waals surface area contributed by atoms with Crippen LogP contribution in [-0.2, 0) is 12.0 Å². The zero-order valence-electron chi connectivity index (χ0n) is 15.0. The van der Waals surface area contributed by atoms with E-state index in [0.717, 1.165) is 29.9 Å². The van der Waals surface area contributed by atoms with Gasteiger partial charge in [0, 0.05) is 35.9 Å². The smallest absolute Gasteiger partial charge is 0.248 e. The SMILES string of the molecule is C/C=C1\[C@H]2C=C(C)C[C@]1(/N=C/C=C/c1ccco1)c1ccc(=O)[nH]c1C2. The maximum Gasteiger partial charge on any atom is 0.248 e. The summed E-state index contributed by atoms with van der Waals surface area (Å²) in [6.45, 7) is 4.25. The Balaban J connectivity index is 1.81. The van der Waals surface area contributed by atoms with E-state index in [1.807, 2.05) is 36.6 Å². The number of aromatic nitrogens is 1. The molecule has 0 saturated carbocycles. The van der Waals surface area contributed by atoms with Gasteiger partial charge in [0.05, 0.1) is 6.26 Å². The molecule has 4 heteroatoms. The molecule has 2 heterocycles. The summed E-state index contributed by atoms with van der Waals surface area (Å²) in [7, 11) is 0. The van der Waals surface area contributed by atoms with Gasteiger partial charge in [0.1, 0.15) is 11.3 Å². The normalized spacial score (nSPS) is 26.5. The molecule has 0 aromatic carbocycles. The number of pyridine rings is 1. The van der Waals surface area contributed by atoms with Crippen molar-refractivity contribution in [1.82, 2.24) is 4.98 Å². The molecule has 26 heavy (non-hydrogen) atoms. The molecule has 2 aromatic rings. The molecule has 132 valence electrons. The lowest BCUT2D eigenvalue weighted by atomic mass is 9.63. The average Bonchev–Trinajstić information content (AvgIpc) is 3.11. The van der Waals surface area contributed by atoms with Crippen LogP contribution in [0.15, 0.2) is 74.1 Å². The molecule has 0 saturated heterocycles. The molecule has 2 aliphatic carbocycles. The molecule has 0 aliphatic heterocycles. The molecule has 0 radical (unpaired) electrons. The van der Waals surface area contributed by atoms with Crippen molar-refractivity contribution in [2.75, 3.05) is 0 Å². The van der Waals surface area contributed by atoms with Crippen molar-refractivity contribution < 1.29 is 4.42 Å². The monoisotopic (exact) mass is 346 g/mol. The van der Waals surface area contributed by atoms with Crippen LogP contribution in [0.2, 0.25) is 0 Å². The first kappa shape index (κ1) is 16.6. The van der Waals surface area contributed by atoms with Gasteiger partial charge in [0.15, 0.2) is 0 Å². The molecule has 2 bridgehead atoms. The van der Waals surface area contributed by atoms with Crippen LogP contribution in [0.1, 0.15) is 37.3 Å². The third kappa shape index (κ3) is 2.71. The number of aliphatic imine (C=N–C) groups is 1. The number of fused-ring (bicyclic) bond motifs is 4. The van der Waals surface area contributed by atoms with Crippen LogP contribution in [0, 0.1) is 5.92 Å². The molecule has 4 rings (SSSR count). The van der Waals surface area contributed by atoms with Crippen LogP contribution < -0.4 is 5.56 Å². The first-order valence-corrected chi connectivity index (χ1v) is 8.94. The molecular weight excluding hydrogens is 324 g/mol. The third-order valence-electron chi connectivity index (χ3n) is 5.26. The molecule has 4 nitrogen and oxygen atoms in total. The van der Waals surface area contributed by atoms with Crippen LogP contribution >= 0.6 is 0 Å². The highest BCUT2D eigenvalue weighted by molar-refractivity contribution is 5.78. The molecule has 0 spiro atoms. The summed E-state index contributed by atoms with van der Waals surface area (Å²) in [6, 6.07) is 7.32. The maximum absolute atomic E-state index is 11.8. The first-order chi connectivity index (χ1) is 12.6. The highest BCUT2D eigenvalue weighted by Crippen LogP contribution is 2.51. The number of hydrogen-bond donors (Lipinski definition) is 1. The summed E-state index contributed by atoms with van der Waals surface area (Å²) >= 11 is 0. The Bertz CT molecular complexity index is 989. The van der Waals surface area contributed by atoms with Crippen LogP contribution in [0.25, 0.3) is 6.08 Å². The van der Waals surface area contributed by atoms with Gasteiger partial charge >= 0.3 is 0 Å². The second-order valence-corrected chi connectivity index (χ2v) is 6.97. The van der Waals surface area contributed by atoms with Crippen molar-refractivity contribution in [3.05, 3.63) is 87.3 Å². The van der Waals surface area contributed by atoms with Crippen molar-refractivity contribution in [1.29, 1.82) is 0 Å². The van der Waals surface area contributed by atoms with E-state index in [1.54, 1.807) is 12.3 Å². The van der Waals surface area contributed by atoms with E-state index in [2.05, 4.69) is 31.0 Å². The number of nitrogens with zero attached hydrogens (tertiary/aromatic N) is 1. The number of nitrogens with one attached hydrogen (secondary N) is 1. The Labute approximate surface area is 152 Å². The average molecular weight is 346 g/mol. The summed E-state index contributed by atoms with van der Waals surface area (Å²) in [6.07, 6.45) is 13.5. The predicted molar refractivity (Wildman–Crippen MR) is 104 cm³/mol. The number of hydrogen-bond acceptors (Lipinski definition) is 3. The topological polar surface area (TPSA) is 58.4 Å². The summed E-state index contributed by atoms with van der Waals surface area (Å²) < 4.78 is 5.33. The standard InChI is InChI=1S/C22H22N2O2/c1-3-18-16-12-15(2)14-22(18,19-8-9-21(25)24-20(19)13-16)23-10-4-6-17-7-5-11-26-17/h3-12,16H,13-14H2,1-2H3,(H,24,25)/b6-4+,18-3+,23-10+/t16-,22+/m0/s1. The zero-order chi connectivity index (χ0) is 18.1. The van der Waals surface area contributed by atoms with E-state index in [-0.39, 0.29) is 11.5 Å². The number of furan rings is 1. The number of rotatable bonds is 3. The van der Waals surface area contributed by atoms with Crippen molar-refractivity contribution in [2.45, 2.75) is 32.2 Å². The highest BCUT2D eigenvalue weighted by atomic mass is 16.3. The van der Waals surface area contributed by atoms with E-state index >= 15 is 0 Å². The fourth-order valence-corrected chi connectivity index (χ4v) is 4.35. The lowest BCUT2D eigenvalue weighted by Gasteiger charge is -2.45. The van der Waals surface area contributed by atoms with Gasteiger partial charge in [-0.1, -0.05) is 17.7 Å². The molecule has 0 amide bonds. The Hall–Kier alpha value is -2.88. The summed E-state index contributed by atoms with van der Waals surface area (Å²) in [5.74, 6) is 1.08. The van der Waals surface area contributed by atoms with Gasteiger partial charge in [-0.15, -0.1) is 0 Å². The minimum absolute atomic E-state index is 0.0525. The van der Waals surface area contributed by atoms with Crippen LogP contribution in [-0.4, -0.2) is 11.2 Å². The van der Waals surface area contributed by atoms with Crippen molar-refractivity contribution >= 4 is 12.3 Å². The van der Waals surface area contributed by atoms with Gasteiger partial charge in [-0.25, -0.2) is 0 Å². The van der Waals surface area contributed by atoms with E-state index in [4.69, 9.17) is 9.41 Å². The van der Waals surface area contributed by atoms with Crippen molar-refractivity contribution in [3.63, 3.8) is 0 Å². The molecule has 2 atom stereocenters. The molecule has 0 fully saturated rings. The second kappa shape index (κ2) is 6.45. The first-order valence-electron chi connectivity index (χ1n) is 8.94. The number of aromatic amines is 1. The largest absolute Gasteiger partial charge is 0.465 e. The summed E-state index contributed by atoms with van der Waals surface area (Å²) in [5.41, 5.74) is 4.27. The van der Waals surface area contributed by atoms with Gasteiger partial charge in [-0.3, -0.25) is 9.79 Å². The second-order valence-electron chi connectivity index (χ2n) is 6.97. The van der Waals surface area contributed by atoms with E-state index < -0.39 is 5.54 Å². The highest BCUT2D eigenvalue weighted by Gasteiger charge is 2.46. The van der Waals surface area contributed by atoms with E-state index in [1.165, 1.54) is 11.1 Å². The summed E-state index contributed by atoms with van der Waals surface area (Å²) in [4.78, 5) is 19.9. The molecule has 2 aromatic heterocycles. The third-order valence-corrected chi connectivity index (χ3v) is 5.26.